The van der Waals surface area contributed by atoms with E-state index in [1.807, 2.05) is 18.3 Å². The fourth-order valence-corrected chi connectivity index (χ4v) is 10.0. The van der Waals surface area contributed by atoms with Gasteiger partial charge in [0.25, 0.3) is 8.32 Å². The highest BCUT2D eigenvalue weighted by molar-refractivity contribution is 14.1. The summed E-state index contributed by atoms with van der Waals surface area (Å²) >= 11 is 2.16. The Labute approximate surface area is 221 Å². The van der Waals surface area contributed by atoms with Crippen molar-refractivity contribution in [3.05, 3.63) is 106 Å². The van der Waals surface area contributed by atoms with Crippen LogP contribution in [0.3, 0.4) is 0 Å². The number of nitrogens with zero attached hydrogens (tertiary/aromatic N) is 1. The van der Waals surface area contributed by atoms with Crippen LogP contribution in [0.5, 0.6) is 5.75 Å². The van der Waals surface area contributed by atoms with Gasteiger partial charge >= 0.3 is 0 Å². The second-order valence-corrected chi connectivity index (χ2v) is 15.4. The van der Waals surface area contributed by atoms with Crippen LogP contribution in [0.4, 0.5) is 0 Å². The highest BCUT2D eigenvalue weighted by Crippen LogP contribution is 2.38. The van der Waals surface area contributed by atoms with Crippen molar-refractivity contribution in [1.29, 1.82) is 0 Å². The summed E-state index contributed by atoms with van der Waals surface area (Å²) in [6, 6.07) is 31.6. The van der Waals surface area contributed by atoms with Crippen LogP contribution < -0.4 is 10.4 Å². The molecule has 0 aliphatic rings. The summed E-state index contributed by atoms with van der Waals surface area (Å²) in [6.07, 6.45) is 1.89. The Morgan fingerprint density at radius 3 is 2.09 bits per heavy atom. The first-order valence-electron chi connectivity index (χ1n) is 11.7. The molecule has 0 unspecified atom stereocenters. The minimum Gasteiger partial charge on any atom is -0.506 e. The Morgan fingerprint density at radius 1 is 0.857 bits per heavy atom. The van der Waals surface area contributed by atoms with E-state index in [-0.39, 0.29) is 10.8 Å². The van der Waals surface area contributed by atoms with Gasteiger partial charge in [-0.25, -0.2) is 0 Å². The van der Waals surface area contributed by atoms with Gasteiger partial charge < -0.3 is 9.53 Å². The van der Waals surface area contributed by atoms with Gasteiger partial charge in [0.15, 0.2) is 0 Å². The summed E-state index contributed by atoms with van der Waals surface area (Å²) in [5, 5.41) is 16.0. The highest BCUT2D eigenvalue weighted by atomic mass is 127. The zero-order valence-electron chi connectivity index (χ0n) is 20.1. The van der Waals surface area contributed by atoms with E-state index in [2.05, 4.69) is 127 Å². The molecule has 5 heteroatoms. The first-order chi connectivity index (χ1) is 16.8. The Bertz CT molecular complexity index is 1460. The van der Waals surface area contributed by atoms with Crippen molar-refractivity contribution in [2.24, 2.45) is 0 Å². The molecule has 0 atom stereocenters. The Balaban J connectivity index is 1.59. The van der Waals surface area contributed by atoms with E-state index in [9.17, 15) is 5.11 Å². The lowest BCUT2D eigenvalue weighted by Gasteiger charge is -2.43. The van der Waals surface area contributed by atoms with Gasteiger partial charge in [-0.2, -0.15) is 0 Å². The number of aromatic nitrogens is 1. The molecular weight excluding hydrogens is 561 g/mol. The van der Waals surface area contributed by atoms with Gasteiger partial charge in [0.05, 0.1) is 21.1 Å². The number of hydrogen-bond acceptors (Lipinski definition) is 3. The number of fused-ring (bicyclic) bond motifs is 3. The standard InChI is InChI=1S/C30H28INO2Si/c1-30(2,3)35(23-10-6-4-7-11-23,24-12-8-5-9-13-24)34-20-21-14-15-25-22(18-21)19-32-27-17-16-26(31)29(33)28(25)27/h4-19,33H,20H2,1-3H3. The Kier molecular flexibility index (Phi) is 6.42. The minimum absolute atomic E-state index is 0.0766. The van der Waals surface area contributed by atoms with Gasteiger partial charge in [-0.05, 0) is 67.2 Å². The number of aromatic hydroxyl groups is 1. The van der Waals surface area contributed by atoms with Crippen molar-refractivity contribution in [1.82, 2.24) is 4.98 Å². The average Bonchev–Trinajstić information content (AvgIpc) is 2.86. The van der Waals surface area contributed by atoms with E-state index in [1.54, 1.807) is 0 Å². The van der Waals surface area contributed by atoms with Crippen molar-refractivity contribution in [2.45, 2.75) is 32.4 Å². The lowest BCUT2D eigenvalue weighted by molar-refractivity contribution is 0.286. The largest absolute Gasteiger partial charge is 0.506 e. The van der Waals surface area contributed by atoms with Crippen molar-refractivity contribution in [3.8, 4) is 5.75 Å². The summed E-state index contributed by atoms with van der Waals surface area (Å²) in [5.74, 6) is 0.289. The zero-order valence-corrected chi connectivity index (χ0v) is 23.3. The molecule has 0 spiro atoms. The molecule has 0 amide bonds. The fraction of sp³-hybridized carbons (Fsp3) is 0.167. The van der Waals surface area contributed by atoms with Gasteiger partial charge in [0, 0.05) is 11.6 Å². The first kappa shape index (κ1) is 24.0. The third kappa shape index (κ3) is 4.26. The third-order valence-corrected chi connectivity index (χ3v) is 12.6. The summed E-state index contributed by atoms with van der Waals surface area (Å²) in [5.41, 5.74) is 1.89. The quantitative estimate of drug-likeness (QED) is 0.140. The smallest absolute Gasteiger partial charge is 0.261 e. The molecule has 4 aromatic carbocycles. The summed E-state index contributed by atoms with van der Waals surface area (Å²) in [7, 11) is -2.62. The Morgan fingerprint density at radius 2 is 1.49 bits per heavy atom. The van der Waals surface area contributed by atoms with Gasteiger partial charge in [0.1, 0.15) is 5.75 Å². The molecule has 0 radical (unpaired) electrons. The van der Waals surface area contributed by atoms with Gasteiger partial charge in [-0.15, -0.1) is 0 Å². The number of hydrogen-bond donors (Lipinski definition) is 1. The molecule has 0 bridgehead atoms. The molecule has 0 saturated carbocycles. The lowest BCUT2D eigenvalue weighted by atomic mass is 10.0. The summed E-state index contributed by atoms with van der Waals surface area (Å²) in [6.45, 7) is 7.37. The van der Waals surface area contributed by atoms with Crippen molar-refractivity contribution in [2.75, 3.05) is 0 Å². The van der Waals surface area contributed by atoms with E-state index in [0.29, 0.717) is 6.61 Å². The molecule has 0 fully saturated rings. The molecule has 35 heavy (non-hydrogen) atoms. The molecule has 176 valence electrons. The van der Waals surface area contributed by atoms with Gasteiger partial charge in [-0.1, -0.05) is 93.6 Å². The predicted octanol–water partition coefficient (Wildman–Crippen LogP) is 6.77. The monoisotopic (exact) mass is 589 g/mol. The average molecular weight is 590 g/mol. The van der Waals surface area contributed by atoms with Crippen molar-refractivity contribution < 1.29 is 9.53 Å². The van der Waals surface area contributed by atoms with Crippen molar-refractivity contribution >= 4 is 63.0 Å². The normalized spacial score (nSPS) is 12.3. The fourth-order valence-electron chi connectivity index (χ4n) is 5.06. The summed E-state index contributed by atoms with van der Waals surface area (Å²) < 4.78 is 7.92. The molecule has 0 aliphatic carbocycles. The predicted molar refractivity (Wildman–Crippen MR) is 156 cm³/mol. The molecular formula is C30H28INO2Si. The Hall–Kier alpha value is -2.74. The van der Waals surface area contributed by atoms with Crippen molar-refractivity contribution in [3.63, 3.8) is 0 Å². The second kappa shape index (κ2) is 9.37. The van der Waals surface area contributed by atoms with Crippen LogP contribution >= 0.6 is 22.6 Å². The number of phenolic OH excluding ortho intramolecular Hbond substituents is 1. The van der Waals surface area contributed by atoms with E-state index in [0.717, 1.165) is 30.8 Å². The molecule has 0 saturated heterocycles. The lowest BCUT2D eigenvalue weighted by Crippen LogP contribution is -2.66. The van der Waals surface area contributed by atoms with Gasteiger partial charge in [-0.3, -0.25) is 4.98 Å². The number of rotatable bonds is 5. The van der Waals surface area contributed by atoms with Crippen LogP contribution in [0, 0.1) is 3.57 Å². The highest BCUT2D eigenvalue weighted by Gasteiger charge is 2.50. The van der Waals surface area contributed by atoms with Crippen LogP contribution in [0.25, 0.3) is 21.7 Å². The maximum absolute atomic E-state index is 10.7. The molecule has 1 N–H and O–H groups in total. The van der Waals surface area contributed by atoms with E-state index in [4.69, 9.17) is 4.43 Å². The SMILES string of the molecule is CC(C)(C)[Si](OCc1ccc2c(cnc3ccc(I)c(O)c32)c1)(c1ccccc1)c1ccccc1. The van der Waals surface area contributed by atoms with Crippen LogP contribution in [0.2, 0.25) is 5.04 Å². The number of pyridine rings is 1. The van der Waals surface area contributed by atoms with Crippen LogP contribution in [0.1, 0.15) is 26.3 Å². The molecule has 1 heterocycles. The molecule has 3 nitrogen and oxygen atoms in total. The van der Waals surface area contributed by atoms with E-state index in [1.165, 1.54) is 10.4 Å². The molecule has 5 aromatic rings. The maximum Gasteiger partial charge on any atom is 0.261 e. The van der Waals surface area contributed by atoms with E-state index < -0.39 is 8.32 Å². The summed E-state index contributed by atoms with van der Waals surface area (Å²) in [4.78, 5) is 4.60. The first-order valence-corrected chi connectivity index (χ1v) is 14.7. The van der Waals surface area contributed by atoms with Gasteiger partial charge in [0.2, 0.25) is 0 Å². The number of halogens is 1. The number of phenols is 1. The van der Waals surface area contributed by atoms with Crippen LogP contribution in [-0.2, 0) is 11.0 Å². The third-order valence-electron chi connectivity index (χ3n) is 6.71. The maximum atomic E-state index is 10.7. The molecule has 0 aliphatic heterocycles. The molecule has 1 aromatic heterocycles. The number of benzene rings is 4. The second-order valence-electron chi connectivity index (χ2n) is 9.92. The zero-order chi connectivity index (χ0) is 24.6. The molecule has 5 rings (SSSR count). The minimum atomic E-state index is -2.62. The topological polar surface area (TPSA) is 42.4 Å². The van der Waals surface area contributed by atoms with Crippen LogP contribution in [0.15, 0.2) is 97.2 Å². The van der Waals surface area contributed by atoms with E-state index >= 15 is 0 Å². The van der Waals surface area contributed by atoms with Crippen LogP contribution in [-0.4, -0.2) is 18.4 Å².